The third kappa shape index (κ3) is 2.03. The molecule has 0 aromatic heterocycles. The maximum Gasteiger partial charge on any atom is 0.132 e. The highest BCUT2D eigenvalue weighted by molar-refractivity contribution is 8.01. The highest BCUT2D eigenvalue weighted by atomic mass is 32.2. The molecule has 2 rings (SSSR count). The Kier molecular flexibility index (Phi) is 3.11. The number of nitriles is 1. The van der Waals surface area contributed by atoms with Crippen molar-refractivity contribution in [1.82, 2.24) is 0 Å². The van der Waals surface area contributed by atoms with Crippen molar-refractivity contribution < 1.29 is 4.74 Å². The molecule has 0 radical (unpaired) electrons. The van der Waals surface area contributed by atoms with Crippen molar-refractivity contribution in [3.8, 4) is 11.8 Å². The fraction of sp³-hybridized carbons (Fsp3) is 0.462. The van der Waals surface area contributed by atoms with Crippen LogP contribution in [-0.4, -0.2) is 11.9 Å². The maximum absolute atomic E-state index is 9.22. The molecule has 0 aliphatic heterocycles. The van der Waals surface area contributed by atoms with Gasteiger partial charge in [-0.15, -0.1) is 0 Å². The smallest absolute Gasteiger partial charge is 0.132 e. The minimum absolute atomic E-state index is 0.207. The number of hydrogen-bond acceptors (Lipinski definition) is 3. The molecule has 0 atom stereocenters. The first kappa shape index (κ1) is 11.3. The molecule has 1 aliphatic rings. The summed E-state index contributed by atoms with van der Waals surface area (Å²) in [7, 11) is 1.68. The summed E-state index contributed by atoms with van der Waals surface area (Å²) in [6.45, 7) is 2.06. The molecule has 0 heterocycles. The molecule has 0 amide bonds. The van der Waals surface area contributed by atoms with Crippen molar-refractivity contribution >= 4 is 11.8 Å². The molecule has 1 aromatic carbocycles. The molecule has 1 fully saturated rings. The van der Waals surface area contributed by atoms with Crippen molar-refractivity contribution in [2.75, 3.05) is 7.11 Å². The second-order valence-electron chi connectivity index (χ2n) is 4.22. The van der Waals surface area contributed by atoms with E-state index in [1.165, 1.54) is 5.56 Å². The molecule has 3 heteroatoms. The highest BCUT2D eigenvalue weighted by Crippen LogP contribution is 2.49. The summed E-state index contributed by atoms with van der Waals surface area (Å²) in [6, 6.07) is 8.54. The van der Waals surface area contributed by atoms with Gasteiger partial charge in [0.2, 0.25) is 0 Å². The van der Waals surface area contributed by atoms with Crippen molar-refractivity contribution in [3.05, 3.63) is 23.8 Å². The average Bonchev–Trinajstić information content (AvgIpc) is 2.24. The number of hydrogen-bond donors (Lipinski definition) is 0. The van der Waals surface area contributed by atoms with E-state index in [4.69, 9.17) is 4.74 Å². The maximum atomic E-state index is 9.22. The van der Waals surface area contributed by atoms with Crippen LogP contribution in [0.1, 0.15) is 24.8 Å². The van der Waals surface area contributed by atoms with Gasteiger partial charge < -0.3 is 4.74 Å². The van der Waals surface area contributed by atoms with Crippen LogP contribution in [0.3, 0.4) is 0 Å². The molecule has 84 valence electrons. The summed E-state index contributed by atoms with van der Waals surface area (Å²) in [5.41, 5.74) is 1.20. The Morgan fingerprint density at radius 3 is 2.69 bits per heavy atom. The first-order valence-electron chi connectivity index (χ1n) is 5.44. The zero-order chi connectivity index (χ0) is 11.6. The van der Waals surface area contributed by atoms with E-state index in [0.717, 1.165) is 29.9 Å². The quantitative estimate of drug-likeness (QED) is 0.800. The Morgan fingerprint density at radius 2 is 2.19 bits per heavy atom. The monoisotopic (exact) mass is 233 g/mol. The van der Waals surface area contributed by atoms with Crippen LogP contribution in [0, 0.1) is 18.3 Å². The topological polar surface area (TPSA) is 33.0 Å². The molecule has 0 bridgehead atoms. The zero-order valence-electron chi connectivity index (χ0n) is 9.62. The average molecular weight is 233 g/mol. The SMILES string of the molecule is COc1ccc(C)cc1SC1(C#N)CCC1. The Hall–Kier alpha value is -1.14. The Morgan fingerprint density at radius 1 is 1.44 bits per heavy atom. The van der Waals surface area contributed by atoms with E-state index >= 15 is 0 Å². The summed E-state index contributed by atoms with van der Waals surface area (Å²) in [5, 5.41) is 9.22. The van der Waals surface area contributed by atoms with Gasteiger partial charge in [0.05, 0.1) is 18.1 Å². The minimum atomic E-state index is -0.207. The van der Waals surface area contributed by atoms with Gasteiger partial charge in [-0.3, -0.25) is 0 Å². The lowest BCUT2D eigenvalue weighted by atomic mass is 9.86. The minimum Gasteiger partial charge on any atom is -0.496 e. The van der Waals surface area contributed by atoms with Crippen molar-refractivity contribution in [2.45, 2.75) is 35.8 Å². The fourth-order valence-electron chi connectivity index (χ4n) is 1.81. The molecule has 2 nitrogen and oxygen atoms in total. The molecule has 0 spiro atoms. The second kappa shape index (κ2) is 4.39. The molecule has 0 unspecified atom stereocenters. The van der Waals surface area contributed by atoms with Crippen LogP contribution in [0.5, 0.6) is 5.75 Å². The predicted molar refractivity (Wildman–Crippen MR) is 65.8 cm³/mol. The van der Waals surface area contributed by atoms with E-state index in [2.05, 4.69) is 19.1 Å². The normalized spacial score (nSPS) is 17.3. The number of methoxy groups -OCH3 is 1. The first-order valence-corrected chi connectivity index (χ1v) is 6.26. The third-order valence-electron chi connectivity index (χ3n) is 2.99. The molecular formula is C13H15NOS. The highest BCUT2D eigenvalue weighted by Gasteiger charge is 2.39. The Balaban J connectivity index is 2.26. The van der Waals surface area contributed by atoms with E-state index in [0.29, 0.717) is 0 Å². The summed E-state index contributed by atoms with van der Waals surface area (Å²) in [5.74, 6) is 0.872. The largest absolute Gasteiger partial charge is 0.496 e. The van der Waals surface area contributed by atoms with Gasteiger partial charge in [-0.2, -0.15) is 5.26 Å². The summed E-state index contributed by atoms with van der Waals surface area (Å²) in [4.78, 5) is 1.09. The van der Waals surface area contributed by atoms with E-state index in [9.17, 15) is 5.26 Å². The lowest BCUT2D eigenvalue weighted by Crippen LogP contribution is -2.31. The molecule has 0 N–H and O–H groups in total. The van der Waals surface area contributed by atoms with E-state index in [1.807, 2.05) is 12.1 Å². The summed E-state index contributed by atoms with van der Waals surface area (Å²) in [6.07, 6.45) is 3.14. The second-order valence-corrected chi connectivity index (χ2v) is 5.64. The van der Waals surface area contributed by atoms with Crippen LogP contribution in [0.2, 0.25) is 0 Å². The number of ether oxygens (including phenoxy) is 1. The first-order chi connectivity index (χ1) is 7.69. The molecule has 1 aromatic rings. The molecular weight excluding hydrogens is 218 g/mol. The number of rotatable bonds is 3. The summed E-state index contributed by atoms with van der Waals surface area (Å²) < 4.78 is 5.12. The van der Waals surface area contributed by atoms with Crippen molar-refractivity contribution in [2.24, 2.45) is 0 Å². The lowest BCUT2D eigenvalue weighted by Gasteiger charge is -2.34. The van der Waals surface area contributed by atoms with E-state index < -0.39 is 0 Å². The molecule has 16 heavy (non-hydrogen) atoms. The number of nitrogens with zero attached hydrogens (tertiary/aromatic N) is 1. The van der Waals surface area contributed by atoms with E-state index in [-0.39, 0.29) is 4.75 Å². The van der Waals surface area contributed by atoms with Gasteiger partial charge >= 0.3 is 0 Å². The van der Waals surface area contributed by atoms with Crippen LogP contribution in [-0.2, 0) is 0 Å². The van der Waals surface area contributed by atoms with Crippen LogP contribution in [0.4, 0.5) is 0 Å². The molecule has 0 saturated heterocycles. The van der Waals surface area contributed by atoms with Gasteiger partial charge in [0.1, 0.15) is 10.5 Å². The number of thioether (sulfide) groups is 1. The number of aryl methyl sites for hydroxylation is 1. The van der Waals surface area contributed by atoms with Crippen LogP contribution in [0.25, 0.3) is 0 Å². The lowest BCUT2D eigenvalue weighted by molar-refractivity contribution is 0.402. The third-order valence-corrected chi connectivity index (χ3v) is 4.42. The van der Waals surface area contributed by atoms with E-state index in [1.54, 1.807) is 18.9 Å². The standard InChI is InChI=1S/C13H15NOS/c1-10-4-5-11(15-2)12(8-10)16-13(9-14)6-3-7-13/h4-5,8H,3,6-7H2,1-2H3. The van der Waals surface area contributed by atoms with Crippen LogP contribution >= 0.6 is 11.8 Å². The van der Waals surface area contributed by atoms with Gasteiger partial charge in [-0.1, -0.05) is 17.8 Å². The van der Waals surface area contributed by atoms with Crippen molar-refractivity contribution in [3.63, 3.8) is 0 Å². The number of benzene rings is 1. The Labute approximate surface area is 101 Å². The van der Waals surface area contributed by atoms with Gasteiger partial charge in [0, 0.05) is 0 Å². The summed E-state index contributed by atoms with van der Waals surface area (Å²) >= 11 is 1.66. The van der Waals surface area contributed by atoms with Crippen molar-refractivity contribution in [1.29, 1.82) is 5.26 Å². The fourth-order valence-corrected chi connectivity index (χ4v) is 3.26. The molecule has 1 aliphatic carbocycles. The zero-order valence-corrected chi connectivity index (χ0v) is 10.4. The van der Waals surface area contributed by atoms with Crippen LogP contribution in [0.15, 0.2) is 23.1 Å². The van der Waals surface area contributed by atoms with Gasteiger partial charge in [-0.05, 0) is 43.9 Å². The predicted octanol–water partition coefficient (Wildman–Crippen LogP) is 3.54. The Bertz CT molecular complexity index is 432. The van der Waals surface area contributed by atoms with Gasteiger partial charge in [0.25, 0.3) is 0 Å². The van der Waals surface area contributed by atoms with Gasteiger partial charge in [0.15, 0.2) is 0 Å². The van der Waals surface area contributed by atoms with Gasteiger partial charge in [-0.25, -0.2) is 0 Å². The molecule has 1 saturated carbocycles. The van der Waals surface area contributed by atoms with Crippen LogP contribution < -0.4 is 4.74 Å².